The first kappa shape index (κ1) is 11.4. The lowest BCUT2D eigenvalue weighted by Crippen LogP contribution is -2.10. The molecule has 0 saturated carbocycles. The van der Waals surface area contributed by atoms with Gasteiger partial charge >= 0.3 is 11.9 Å². The average molecular weight is 214 g/mol. The summed E-state index contributed by atoms with van der Waals surface area (Å²) in [6.45, 7) is 0. The summed E-state index contributed by atoms with van der Waals surface area (Å²) in [6.07, 6.45) is 10.2. The lowest BCUT2D eigenvalue weighted by Gasteiger charge is -2.06. The van der Waals surface area contributed by atoms with Crippen LogP contribution in [0.1, 0.15) is 31.8 Å². The maximum atomic E-state index is 11.0. The van der Waals surface area contributed by atoms with E-state index in [-0.39, 0.29) is 22.3 Å². The fraction of sp³-hybridized carbons (Fsp3) is 0. The third kappa shape index (κ3) is 1.73. The zero-order valence-electron chi connectivity index (χ0n) is 8.02. The molecule has 2 N–H and O–H groups in total. The number of carbonyl (C=O) groups is 2. The van der Waals surface area contributed by atoms with Gasteiger partial charge in [-0.15, -0.1) is 12.8 Å². The second-order valence-electron chi connectivity index (χ2n) is 2.81. The minimum atomic E-state index is -1.34. The first-order valence-corrected chi connectivity index (χ1v) is 4.09. The molecule has 78 valence electrons. The molecule has 0 bridgehead atoms. The van der Waals surface area contributed by atoms with Gasteiger partial charge in [0.25, 0.3) is 0 Å². The van der Waals surface area contributed by atoms with E-state index in [1.807, 2.05) is 5.92 Å². The summed E-state index contributed by atoms with van der Waals surface area (Å²) in [5, 5.41) is 17.8. The van der Waals surface area contributed by atoms with Crippen LogP contribution in [0.25, 0.3) is 0 Å². The molecule has 0 aliphatic carbocycles. The van der Waals surface area contributed by atoms with Gasteiger partial charge in [0, 0.05) is 5.56 Å². The Balaban J connectivity index is 3.73. The SMILES string of the molecule is C#Cc1ccc(C(=O)O)c(C#C)c1C(=O)O. The lowest BCUT2D eigenvalue weighted by atomic mass is 9.96. The lowest BCUT2D eigenvalue weighted by molar-refractivity contribution is 0.0695. The molecule has 4 nitrogen and oxygen atoms in total. The summed E-state index contributed by atoms with van der Waals surface area (Å²) >= 11 is 0. The van der Waals surface area contributed by atoms with Crippen LogP contribution in [0.3, 0.4) is 0 Å². The topological polar surface area (TPSA) is 74.6 Å². The van der Waals surface area contributed by atoms with E-state index in [9.17, 15) is 9.59 Å². The van der Waals surface area contributed by atoms with Crippen molar-refractivity contribution in [3.8, 4) is 24.7 Å². The molecule has 0 aromatic heterocycles. The van der Waals surface area contributed by atoms with E-state index in [4.69, 9.17) is 23.1 Å². The van der Waals surface area contributed by atoms with Gasteiger partial charge in [-0.2, -0.15) is 0 Å². The van der Waals surface area contributed by atoms with Crippen molar-refractivity contribution >= 4 is 11.9 Å². The summed E-state index contributed by atoms with van der Waals surface area (Å²) in [5.41, 5.74) is -0.732. The number of benzene rings is 1. The number of terminal acetylenes is 2. The van der Waals surface area contributed by atoms with Gasteiger partial charge in [-0.3, -0.25) is 0 Å². The molecule has 0 fully saturated rings. The predicted molar refractivity (Wildman–Crippen MR) is 56.2 cm³/mol. The highest BCUT2D eigenvalue weighted by Crippen LogP contribution is 2.18. The van der Waals surface area contributed by atoms with Gasteiger partial charge < -0.3 is 10.2 Å². The summed E-state index contributed by atoms with van der Waals surface area (Å²) in [4.78, 5) is 21.8. The molecule has 0 amide bonds. The molecule has 0 unspecified atom stereocenters. The molecule has 1 rings (SSSR count). The molecule has 0 heterocycles. The van der Waals surface area contributed by atoms with Crippen LogP contribution >= 0.6 is 0 Å². The van der Waals surface area contributed by atoms with Gasteiger partial charge in [-0.05, 0) is 12.1 Å². The zero-order valence-corrected chi connectivity index (χ0v) is 8.02. The number of hydrogen-bond acceptors (Lipinski definition) is 2. The van der Waals surface area contributed by atoms with Gasteiger partial charge in [0.15, 0.2) is 0 Å². The van der Waals surface area contributed by atoms with Gasteiger partial charge in [0.05, 0.1) is 16.7 Å². The van der Waals surface area contributed by atoms with E-state index in [0.717, 1.165) is 0 Å². The van der Waals surface area contributed by atoms with Crippen molar-refractivity contribution in [2.75, 3.05) is 0 Å². The highest BCUT2D eigenvalue weighted by Gasteiger charge is 2.20. The van der Waals surface area contributed by atoms with Crippen LogP contribution in [0.2, 0.25) is 0 Å². The Morgan fingerprint density at radius 2 is 1.69 bits per heavy atom. The van der Waals surface area contributed by atoms with E-state index < -0.39 is 11.9 Å². The molecule has 0 saturated heterocycles. The highest BCUT2D eigenvalue weighted by molar-refractivity contribution is 6.00. The summed E-state index contributed by atoms with van der Waals surface area (Å²) in [7, 11) is 0. The number of carboxylic acids is 2. The molecule has 4 heteroatoms. The molecular formula is C12H6O4. The molecule has 0 atom stereocenters. The average Bonchev–Trinajstić information content (AvgIpc) is 2.26. The fourth-order valence-corrected chi connectivity index (χ4v) is 1.27. The van der Waals surface area contributed by atoms with E-state index >= 15 is 0 Å². The fourth-order valence-electron chi connectivity index (χ4n) is 1.27. The highest BCUT2D eigenvalue weighted by atomic mass is 16.4. The number of aromatic carboxylic acids is 2. The molecule has 0 radical (unpaired) electrons. The van der Waals surface area contributed by atoms with Gasteiger partial charge in [0.1, 0.15) is 0 Å². The van der Waals surface area contributed by atoms with E-state index in [1.165, 1.54) is 12.1 Å². The molecule has 0 spiro atoms. The number of rotatable bonds is 2. The van der Waals surface area contributed by atoms with Crippen molar-refractivity contribution in [2.24, 2.45) is 0 Å². The minimum Gasteiger partial charge on any atom is -0.478 e. The Kier molecular flexibility index (Phi) is 2.98. The van der Waals surface area contributed by atoms with Gasteiger partial charge in [0.2, 0.25) is 0 Å². The van der Waals surface area contributed by atoms with Crippen molar-refractivity contribution in [2.45, 2.75) is 0 Å². The van der Waals surface area contributed by atoms with Gasteiger partial charge in [-0.25, -0.2) is 9.59 Å². The molecule has 1 aromatic carbocycles. The standard InChI is InChI=1S/C12H6O4/c1-3-7-5-6-9(11(13)14)8(4-2)10(7)12(15)16/h1-2,5-6H,(H,13,14)(H,15,16). The van der Waals surface area contributed by atoms with Crippen LogP contribution in [0.5, 0.6) is 0 Å². The quantitative estimate of drug-likeness (QED) is 0.721. The Bertz CT molecular complexity index is 556. The van der Waals surface area contributed by atoms with E-state index in [0.29, 0.717) is 0 Å². The van der Waals surface area contributed by atoms with Crippen molar-refractivity contribution in [3.63, 3.8) is 0 Å². The van der Waals surface area contributed by atoms with E-state index in [1.54, 1.807) is 0 Å². The smallest absolute Gasteiger partial charge is 0.338 e. The molecule has 0 aliphatic heterocycles. The third-order valence-corrected chi connectivity index (χ3v) is 1.95. The van der Waals surface area contributed by atoms with Crippen molar-refractivity contribution < 1.29 is 19.8 Å². The first-order valence-electron chi connectivity index (χ1n) is 4.09. The molecule has 1 aromatic rings. The van der Waals surface area contributed by atoms with Crippen LogP contribution in [-0.4, -0.2) is 22.2 Å². The first-order chi connectivity index (χ1) is 7.52. The minimum absolute atomic E-state index is 0.0606. The van der Waals surface area contributed by atoms with Crippen LogP contribution in [-0.2, 0) is 0 Å². The van der Waals surface area contributed by atoms with Crippen LogP contribution < -0.4 is 0 Å². The zero-order chi connectivity index (χ0) is 12.3. The molecule has 16 heavy (non-hydrogen) atoms. The molecular weight excluding hydrogens is 208 g/mol. The second-order valence-corrected chi connectivity index (χ2v) is 2.81. The summed E-state index contributed by atoms with van der Waals surface area (Å²) < 4.78 is 0. The van der Waals surface area contributed by atoms with E-state index in [2.05, 4.69) is 5.92 Å². The number of hydrogen-bond donors (Lipinski definition) is 2. The Morgan fingerprint density at radius 3 is 2.06 bits per heavy atom. The second kappa shape index (κ2) is 4.20. The Hall–Kier alpha value is -2.72. The molecule has 0 aliphatic rings. The van der Waals surface area contributed by atoms with Crippen LogP contribution in [0, 0.1) is 24.7 Å². The largest absolute Gasteiger partial charge is 0.478 e. The Morgan fingerprint density at radius 1 is 1.06 bits per heavy atom. The van der Waals surface area contributed by atoms with Crippen LogP contribution in [0.15, 0.2) is 12.1 Å². The van der Waals surface area contributed by atoms with Crippen molar-refractivity contribution in [1.82, 2.24) is 0 Å². The van der Waals surface area contributed by atoms with Gasteiger partial charge in [-0.1, -0.05) is 11.8 Å². The number of carboxylic acid groups (broad SMARTS) is 2. The monoisotopic (exact) mass is 214 g/mol. The maximum Gasteiger partial charge on any atom is 0.338 e. The summed E-state index contributed by atoms with van der Waals surface area (Å²) in [5.74, 6) is 1.56. The third-order valence-electron chi connectivity index (χ3n) is 1.95. The van der Waals surface area contributed by atoms with Crippen molar-refractivity contribution in [3.05, 3.63) is 34.4 Å². The Labute approximate surface area is 91.5 Å². The maximum absolute atomic E-state index is 11.0. The normalized spacial score (nSPS) is 8.88. The van der Waals surface area contributed by atoms with Crippen molar-refractivity contribution in [1.29, 1.82) is 0 Å². The summed E-state index contributed by atoms with van der Waals surface area (Å²) in [6, 6.07) is 2.44. The van der Waals surface area contributed by atoms with Crippen LogP contribution in [0.4, 0.5) is 0 Å². The predicted octanol–water partition coefficient (Wildman–Crippen LogP) is 1.05.